The molecule has 0 saturated carbocycles. The first-order chi connectivity index (χ1) is 11.5. The number of likely N-dealkylation sites (tertiary alicyclic amines) is 2. The van der Waals surface area contributed by atoms with Crippen molar-refractivity contribution in [3.63, 3.8) is 0 Å². The van der Waals surface area contributed by atoms with Crippen molar-refractivity contribution in [1.82, 2.24) is 24.6 Å². The number of aryl methyl sites for hydroxylation is 2. The van der Waals surface area contributed by atoms with E-state index in [1.807, 2.05) is 23.4 Å². The standard InChI is InChI=1S/C16H26N6O2/c1-11-18-12(2)22(19-11)14-4-3-7-21(10-14)15(23)13-5-8-20(9-6-13)16(17)24/h13-14H,3-10H2,1-2H3,(H2,17,24)/t14-/m1/s1. The van der Waals surface area contributed by atoms with E-state index in [1.165, 1.54) is 0 Å². The number of hydrogen-bond donors (Lipinski definition) is 1. The quantitative estimate of drug-likeness (QED) is 0.867. The van der Waals surface area contributed by atoms with E-state index in [4.69, 9.17) is 5.73 Å². The molecule has 24 heavy (non-hydrogen) atoms. The Morgan fingerprint density at radius 1 is 1.08 bits per heavy atom. The molecule has 0 radical (unpaired) electrons. The van der Waals surface area contributed by atoms with Crippen LogP contribution >= 0.6 is 0 Å². The van der Waals surface area contributed by atoms with Crippen LogP contribution in [0.1, 0.15) is 43.4 Å². The van der Waals surface area contributed by atoms with Crippen molar-refractivity contribution in [2.24, 2.45) is 11.7 Å². The Morgan fingerprint density at radius 3 is 2.38 bits per heavy atom. The van der Waals surface area contributed by atoms with Gasteiger partial charge in [-0.15, -0.1) is 0 Å². The van der Waals surface area contributed by atoms with Crippen LogP contribution < -0.4 is 5.73 Å². The van der Waals surface area contributed by atoms with E-state index in [-0.39, 0.29) is 17.9 Å². The van der Waals surface area contributed by atoms with Crippen LogP contribution in [0.3, 0.4) is 0 Å². The van der Waals surface area contributed by atoms with Crippen LogP contribution in [0.2, 0.25) is 0 Å². The fourth-order valence-corrected chi connectivity index (χ4v) is 3.84. The highest BCUT2D eigenvalue weighted by Crippen LogP contribution is 2.26. The number of nitrogens with zero attached hydrogens (tertiary/aromatic N) is 5. The second-order valence-corrected chi connectivity index (χ2v) is 6.83. The maximum atomic E-state index is 12.8. The van der Waals surface area contributed by atoms with Gasteiger partial charge in [-0.25, -0.2) is 14.5 Å². The van der Waals surface area contributed by atoms with Gasteiger partial charge in [0, 0.05) is 32.1 Å². The minimum absolute atomic E-state index is 0.00192. The average molecular weight is 334 g/mol. The van der Waals surface area contributed by atoms with E-state index >= 15 is 0 Å². The molecule has 132 valence electrons. The summed E-state index contributed by atoms with van der Waals surface area (Å²) >= 11 is 0. The van der Waals surface area contributed by atoms with Crippen LogP contribution in [-0.2, 0) is 4.79 Å². The molecule has 0 unspecified atom stereocenters. The van der Waals surface area contributed by atoms with Crippen LogP contribution in [0, 0.1) is 19.8 Å². The van der Waals surface area contributed by atoms with Gasteiger partial charge in [0.05, 0.1) is 6.04 Å². The van der Waals surface area contributed by atoms with Crippen molar-refractivity contribution in [2.45, 2.75) is 45.6 Å². The number of piperidine rings is 2. The summed E-state index contributed by atoms with van der Waals surface area (Å²) in [5.74, 6) is 1.88. The summed E-state index contributed by atoms with van der Waals surface area (Å²) < 4.78 is 1.96. The molecule has 2 aliphatic rings. The normalized spacial score (nSPS) is 22.7. The molecule has 3 rings (SSSR count). The Bertz CT molecular complexity index is 620. The molecule has 0 bridgehead atoms. The van der Waals surface area contributed by atoms with Gasteiger partial charge in [-0.1, -0.05) is 0 Å². The van der Waals surface area contributed by atoms with Crippen LogP contribution in [0.25, 0.3) is 0 Å². The lowest BCUT2D eigenvalue weighted by Crippen LogP contribution is -2.48. The molecule has 2 aliphatic heterocycles. The molecule has 0 aromatic carbocycles. The largest absolute Gasteiger partial charge is 0.351 e. The molecule has 2 fully saturated rings. The SMILES string of the molecule is Cc1nc(C)n([C@@H]2CCCN(C(=O)C3CCN(C(N)=O)CC3)C2)n1. The Kier molecular flexibility index (Phi) is 4.73. The first-order valence-electron chi connectivity index (χ1n) is 8.68. The third kappa shape index (κ3) is 3.37. The fraction of sp³-hybridized carbons (Fsp3) is 0.750. The maximum Gasteiger partial charge on any atom is 0.314 e. The molecular formula is C16H26N6O2. The average Bonchev–Trinajstić information content (AvgIpc) is 2.93. The second kappa shape index (κ2) is 6.78. The Hall–Kier alpha value is -2.12. The number of rotatable bonds is 2. The highest BCUT2D eigenvalue weighted by atomic mass is 16.2. The van der Waals surface area contributed by atoms with E-state index in [0.29, 0.717) is 32.5 Å². The first-order valence-corrected chi connectivity index (χ1v) is 8.68. The van der Waals surface area contributed by atoms with Crippen molar-refractivity contribution in [3.8, 4) is 0 Å². The smallest absolute Gasteiger partial charge is 0.314 e. The molecule has 2 N–H and O–H groups in total. The predicted octanol–water partition coefficient (Wildman–Crippen LogP) is 0.849. The molecule has 2 saturated heterocycles. The lowest BCUT2D eigenvalue weighted by atomic mass is 9.94. The van der Waals surface area contributed by atoms with Gasteiger partial charge >= 0.3 is 6.03 Å². The van der Waals surface area contributed by atoms with Gasteiger partial charge in [-0.05, 0) is 39.5 Å². The first kappa shape index (κ1) is 16.7. The zero-order valence-corrected chi connectivity index (χ0v) is 14.4. The summed E-state index contributed by atoms with van der Waals surface area (Å²) in [6.07, 6.45) is 3.40. The molecule has 1 atom stereocenters. The summed E-state index contributed by atoms with van der Waals surface area (Å²) in [6.45, 7) is 6.49. The molecule has 8 heteroatoms. The van der Waals surface area contributed by atoms with Gasteiger partial charge in [0.25, 0.3) is 0 Å². The van der Waals surface area contributed by atoms with Crippen LogP contribution in [0.4, 0.5) is 4.79 Å². The summed E-state index contributed by atoms with van der Waals surface area (Å²) in [5.41, 5.74) is 5.31. The van der Waals surface area contributed by atoms with E-state index < -0.39 is 6.03 Å². The van der Waals surface area contributed by atoms with Crippen molar-refractivity contribution in [3.05, 3.63) is 11.6 Å². The lowest BCUT2D eigenvalue weighted by molar-refractivity contribution is -0.138. The predicted molar refractivity (Wildman–Crippen MR) is 88.2 cm³/mol. The number of carbonyl (C=O) groups excluding carboxylic acids is 2. The van der Waals surface area contributed by atoms with E-state index in [2.05, 4.69) is 10.1 Å². The minimum atomic E-state index is -0.393. The van der Waals surface area contributed by atoms with E-state index in [9.17, 15) is 9.59 Å². The summed E-state index contributed by atoms with van der Waals surface area (Å²) in [7, 11) is 0. The number of hydrogen-bond acceptors (Lipinski definition) is 4. The highest BCUT2D eigenvalue weighted by Gasteiger charge is 2.33. The zero-order valence-electron chi connectivity index (χ0n) is 14.4. The van der Waals surface area contributed by atoms with Crippen molar-refractivity contribution < 1.29 is 9.59 Å². The fourth-order valence-electron chi connectivity index (χ4n) is 3.84. The van der Waals surface area contributed by atoms with E-state index in [0.717, 1.165) is 31.0 Å². The Labute approximate surface area is 142 Å². The summed E-state index contributed by atoms with van der Waals surface area (Å²) in [5, 5.41) is 4.48. The Balaban J connectivity index is 1.61. The lowest BCUT2D eigenvalue weighted by Gasteiger charge is -2.37. The zero-order chi connectivity index (χ0) is 17.3. The number of carbonyl (C=O) groups is 2. The van der Waals surface area contributed by atoms with Crippen LogP contribution in [0.5, 0.6) is 0 Å². The van der Waals surface area contributed by atoms with Crippen molar-refractivity contribution in [2.75, 3.05) is 26.2 Å². The van der Waals surface area contributed by atoms with Gasteiger partial charge in [-0.3, -0.25) is 4.79 Å². The van der Waals surface area contributed by atoms with Gasteiger partial charge < -0.3 is 15.5 Å². The molecule has 8 nitrogen and oxygen atoms in total. The number of primary amides is 1. The summed E-state index contributed by atoms with van der Waals surface area (Å²) in [4.78, 5) is 32.0. The van der Waals surface area contributed by atoms with Gasteiger partial charge in [0.15, 0.2) is 0 Å². The molecule has 0 spiro atoms. The van der Waals surface area contributed by atoms with Gasteiger partial charge in [0.2, 0.25) is 5.91 Å². The second-order valence-electron chi connectivity index (χ2n) is 6.83. The van der Waals surface area contributed by atoms with E-state index in [1.54, 1.807) is 4.90 Å². The monoisotopic (exact) mass is 334 g/mol. The third-order valence-electron chi connectivity index (χ3n) is 5.12. The molecule has 3 heterocycles. The maximum absolute atomic E-state index is 12.8. The minimum Gasteiger partial charge on any atom is -0.351 e. The van der Waals surface area contributed by atoms with Crippen LogP contribution in [-0.4, -0.2) is 62.7 Å². The molecular weight excluding hydrogens is 308 g/mol. The number of nitrogens with two attached hydrogens (primary N) is 1. The molecule has 1 aromatic rings. The summed E-state index contributed by atoms with van der Waals surface area (Å²) in [6, 6.07) is -0.189. The van der Waals surface area contributed by atoms with Crippen molar-refractivity contribution in [1.29, 1.82) is 0 Å². The number of aromatic nitrogens is 3. The van der Waals surface area contributed by atoms with Crippen LogP contribution in [0.15, 0.2) is 0 Å². The number of urea groups is 1. The Morgan fingerprint density at radius 2 is 1.79 bits per heavy atom. The molecule has 0 aliphatic carbocycles. The van der Waals surface area contributed by atoms with Gasteiger partial charge in [0.1, 0.15) is 11.6 Å². The third-order valence-corrected chi connectivity index (χ3v) is 5.12. The molecule has 3 amide bonds. The molecule has 1 aromatic heterocycles. The van der Waals surface area contributed by atoms with Gasteiger partial charge in [-0.2, -0.15) is 5.10 Å². The highest BCUT2D eigenvalue weighted by molar-refractivity contribution is 5.79. The topological polar surface area (TPSA) is 97.4 Å². The van der Waals surface area contributed by atoms with Crippen molar-refractivity contribution >= 4 is 11.9 Å². The number of amides is 3.